The van der Waals surface area contributed by atoms with Crippen molar-refractivity contribution in [2.45, 2.75) is 105 Å². The van der Waals surface area contributed by atoms with Gasteiger partial charge in [-0.15, -0.1) is 35.7 Å². The van der Waals surface area contributed by atoms with Gasteiger partial charge in [0.25, 0.3) is 0 Å². The minimum absolute atomic E-state index is 0. The third-order valence-corrected chi connectivity index (χ3v) is 9.94. The molecule has 4 aromatic carbocycles. The van der Waals surface area contributed by atoms with Crippen LogP contribution in [-0.2, 0) is 42.7 Å². The maximum atomic E-state index is 6.59. The standard InChI is InChI=1S/C48H52N4O.Pt/c1-45(2,3)32-22-20-31(21-23-32)42-43(47(7,8)9)50-52(44(42)48(10,11)12)34-16-15-17-35(29-34)53-36-24-25-38-37-18-13-14-19-39(37)51(40(38)30-36)41-28-33(26-27-49-41)46(4,5)6;/h13-28H,1-12H3;/q-2;+2. The fourth-order valence-electron chi connectivity index (χ4n) is 7.14. The van der Waals surface area contributed by atoms with Crippen LogP contribution in [0.25, 0.3) is 44.4 Å². The molecule has 7 aromatic rings. The molecule has 6 heteroatoms. The van der Waals surface area contributed by atoms with Crippen molar-refractivity contribution < 1.29 is 25.8 Å². The SMILES string of the molecule is CC(C)(C)c1ccc(-c2c(C(C)(C)C)nn(-c3[c-]c(Oc4[c-]c5c(cc4)c4ccccc4n5-c4cc(C(C)(C)C)ccn4)ccc3)c2C(C)(C)C)cc1.[Pt+2]. The Hall–Kier alpha value is -4.47. The number of benzene rings is 4. The average molecular weight is 896 g/mol. The third-order valence-electron chi connectivity index (χ3n) is 9.94. The van der Waals surface area contributed by atoms with Crippen LogP contribution in [0, 0.1) is 12.1 Å². The van der Waals surface area contributed by atoms with Crippen LogP contribution in [0.3, 0.4) is 0 Å². The van der Waals surface area contributed by atoms with E-state index in [1.165, 1.54) is 22.3 Å². The van der Waals surface area contributed by atoms with Gasteiger partial charge in [0, 0.05) is 39.6 Å². The van der Waals surface area contributed by atoms with Crippen molar-refractivity contribution in [1.82, 2.24) is 19.3 Å². The fourth-order valence-corrected chi connectivity index (χ4v) is 7.14. The second-order valence-corrected chi connectivity index (χ2v) is 18.4. The molecule has 280 valence electrons. The van der Waals surface area contributed by atoms with Gasteiger partial charge in [-0.3, -0.25) is 4.68 Å². The third kappa shape index (κ3) is 7.45. The molecule has 5 nitrogen and oxygen atoms in total. The Labute approximate surface area is 336 Å². The Kier molecular flexibility index (Phi) is 10.2. The summed E-state index contributed by atoms with van der Waals surface area (Å²) in [4.78, 5) is 4.83. The summed E-state index contributed by atoms with van der Waals surface area (Å²) in [6, 6.07) is 39.1. The summed E-state index contributed by atoms with van der Waals surface area (Å²) in [5, 5.41) is 7.60. The van der Waals surface area contributed by atoms with E-state index < -0.39 is 0 Å². The average Bonchev–Trinajstić information content (AvgIpc) is 3.66. The zero-order chi connectivity index (χ0) is 38.1. The molecule has 0 unspecified atom stereocenters. The van der Waals surface area contributed by atoms with Gasteiger partial charge >= 0.3 is 21.1 Å². The van der Waals surface area contributed by atoms with Crippen molar-refractivity contribution in [1.29, 1.82) is 0 Å². The molecule has 0 bridgehead atoms. The topological polar surface area (TPSA) is 44.9 Å². The number of nitrogens with zero attached hydrogens (tertiary/aromatic N) is 4. The largest absolute Gasteiger partial charge is 2.00 e. The minimum atomic E-state index is -0.218. The van der Waals surface area contributed by atoms with Crippen LogP contribution in [0.2, 0.25) is 0 Å². The number of hydrogen-bond donors (Lipinski definition) is 0. The zero-order valence-corrected chi connectivity index (χ0v) is 36.0. The first-order valence-corrected chi connectivity index (χ1v) is 18.7. The van der Waals surface area contributed by atoms with E-state index in [1.54, 1.807) is 0 Å². The van der Waals surface area contributed by atoms with Crippen molar-refractivity contribution in [3.8, 4) is 34.1 Å². The van der Waals surface area contributed by atoms with Gasteiger partial charge in [0.15, 0.2) is 0 Å². The van der Waals surface area contributed by atoms with Gasteiger partial charge < -0.3 is 9.30 Å². The van der Waals surface area contributed by atoms with Gasteiger partial charge in [-0.1, -0.05) is 131 Å². The molecule has 0 saturated heterocycles. The van der Waals surface area contributed by atoms with Crippen LogP contribution in [0.5, 0.6) is 11.5 Å². The number of aromatic nitrogens is 4. The summed E-state index contributed by atoms with van der Waals surface area (Å²) in [7, 11) is 0. The fraction of sp³-hybridized carbons (Fsp3) is 0.333. The van der Waals surface area contributed by atoms with Crippen LogP contribution in [0.1, 0.15) is 106 Å². The Balaban J connectivity index is 0.00000497. The van der Waals surface area contributed by atoms with Crippen molar-refractivity contribution in [2.75, 3.05) is 0 Å². The molecule has 0 fully saturated rings. The Morgan fingerprint density at radius 1 is 0.593 bits per heavy atom. The normalized spacial score (nSPS) is 12.7. The number of hydrogen-bond acceptors (Lipinski definition) is 3. The molecule has 0 aliphatic rings. The molecule has 3 heterocycles. The van der Waals surface area contributed by atoms with E-state index in [9.17, 15) is 0 Å². The molecule has 0 aliphatic carbocycles. The Morgan fingerprint density at radius 3 is 1.91 bits per heavy atom. The van der Waals surface area contributed by atoms with Crippen molar-refractivity contribution >= 4 is 21.8 Å². The van der Waals surface area contributed by atoms with Gasteiger partial charge in [0.2, 0.25) is 0 Å². The Bertz CT molecular complexity index is 2460. The first kappa shape index (κ1) is 39.2. The molecule has 0 radical (unpaired) electrons. The summed E-state index contributed by atoms with van der Waals surface area (Å²) in [5.74, 6) is 2.06. The summed E-state index contributed by atoms with van der Waals surface area (Å²) in [5.41, 5.74) is 9.56. The van der Waals surface area contributed by atoms with Crippen LogP contribution in [0.4, 0.5) is 0 Å². The van der Waals surface area contributed by atoms with Crippen LogP contribution >= 0.6 is 0 Å². The van der Waals surface area contributed by atoms with Gasteiger partial charge in [0.05, 0.1) is 11.4 Å². The minimum Gasteiger partial charge on any atom is -0.509 e. The van der Waals surface area contributed by atoms with E-state index in [-0.39, 0.29) is 42.7 Å². The molecule has 0 spiro atoms. The van der Waals surface area contributed by atoms with E-state index in [2.05, 4.69) is 177 Å². The predicted molar refractivity (Wildman–Crippen MR) is 220 cm³/mol. The molecular formula is C48H52N4OPt. The second kappa shape index (κ2) is 14.0. The van der Waals surface area contributed by atoms with E-state index in [0.29, 0.717) is 11.5 Å². The van der Waals surface area contributed by atoms with Crippen LogP contribution in [-0.4, -0.2) is 19.3 Å². The molecule has 7 rings (SSSR count). The van der Waals surface area contributed by atoms with Crippen molar-refractivity contribution in [3.05, 3.63) is 132 Å². The quantitative estimate of drug-likeness (QED) is 0.162. The van der Waals surface area contributed by atoms with Crippen LogP contribution in [0.15, 0.2) is 97.2 Å². The number of fused-ring (bicyclic) bond motifs is 3. The molecule has 3 aromatic heterocycles. The molecule has 0 aliphatic heterocycles. The second-order valence-electron chi connectivity index (χ2n) is 18.4. The van der Waals surface area contributed by atoms with Crippen molar-refractivity contribution in [2.24, 2.45) is 0 Å². The number of para-hydroxylation sites is 1. The first-order chi connectivity index (χ1) is 24.8. The predicted octanol–water partition coefficient (Wildman–Crippen LogP) is 12.6. The molecule has 0 saturated carbocycles. The van der Waals surface area contributed by atoms with Crippen molar-refractivity contribution in [3.63, 3.8) is 0 Å². The maximum absolute atomic E-state index is 6.59. The first-order valence-electron chi connectivity index (χ1n) is 18.7. The molecule has 0 amide bonds. The summed E-state index contributed by atoms with van der Waals surface area (Å²) in [6.07, 6.45) is 1.90. The maximum Gasteiger partial charge on any atom is 2.00 e. The van der Waals surface area contributed by atoms with Crippen LogP contribution < -0.4 is 4.74 Å². The van der Waals surface area contributed by atoms with E-state index in [4.69, 9.17) is 14.8 Å². The Morgan fingerprint density at radius 2 is 1.26 bits per heavy atom. The smallest absolute Gasteiger partial charge is 0.509 e. The number of ether oxygens (including phenoxy) is 1. The summed E-state index contributed by atoms with van der Waals surface area (Å²) < 4.78 is 10.9. The monoisotopic (exact) mass is 895 g/mol. The van der Waals surface area contributed by atoms with Gasteiger partial charge in [-0.05, 0) is 56.8 Å². The van der Waals surface area contributed by atoms with Gasteiger partial charge in [0.1, 0.15) is 5.82 Å². The summed E-state index contributed by atoms with van der Waals surface area (Å²) in [6.45, 7) is 26.9. The molecular weight excluding hydrogens is 844 g/mol. The number of rotatable bonds is 5. The molecule has 0 N–H and O–H groups in total. The number of pyridine rings is 1. The van der Waals surface area contributed by atoms with E-state index in [0.717, 1.165) is 44.7 Å². The summed E-state index contributed by atoms with van der Waals surface area (Å²) >= 11 is 0. The zero-order valence-electron chi connectivity index (χ0n) is 33.8. The van der Waals surface area contributed by atoms with Gasteiger partial charge in [-0.2, -0.15) is 17.2 Å². The van der Waals surface area contributed by atoms with Gasteiger partial charge in [-0.25, -0.2) is 4.98 Å². The van der Waals surface area contributed by atoms with E-state index in [1.807, 2.05) is 24.4 Å². The van der Waals surface area contributed by atoms with E-state index >= 15 is 0 Å². The molecule has 0 atom stereocenters. The molecule has 54 heavy (non-hydrogen) atoms.